The average Bonchev–Trinajstić information content (AvgIpc) is 2.87. The number of hydrogen-bond acceptors (Lipinski definition) is 5. The SMILES string of the molecule is C#C[C@@H](O)[C@@H](OCc1ccccc1)[C@H](OCc1ccccc1)[C@H](O)COCc1ccccc1. The van der Waals surface area contributed by atoms with Gasteiger partial charge in [-0.2, -0.15) is 0 Å². The molecule has 2 N–H and O–H groups in total. The zero-order valence-electron chi connectivity index (χ0n) is 18.5. The maximum Gasteiger partial charge on any atom is 0.143 e. The predicted molar refractivity (Wildman–Crippen MR) is 127 cm³/mol. The third-order valence-electron chi connectivity index (χ3n) is 5.16. The Morgan fingerprint density at radius 2 is 1.06 bits per heavy atom. The van der Waals surface area contributed by atoms with Gasteiger partial charge in [0.05, 0.1) is 26.4 Å². The van der Waals surface area contributed by atoms with E-state index in [1.807, 2.05) is 91.0 Å². The summed E-state index contributed by atoms with van der Waals surface area (Å²) in [6.07, 6.45) is 1.32. The number of benzene rings is 3. The highest BCUT2D eigenvalue weighted by molar-refractivity contribution is 5.15. The zero-order valence-corrected chi connectivity index (χ0v) is 18.5. The number of terminal acetylenes is 1. The van der Waals surface area contributed by atoms with E-state index in [1.165, 1.54) is 0 Å². The van der Waals surface area contributed by atoms with Crippen LogP contribution in [0.2, 0.25) is 0 Å². The molecule has 0 aliphatic heterocycles. The van der Waals surface area contributed by atoms with E-state index in [9.17, 15) is 10.2 Å². The normalized spacial score (nSPS) is 14.7. The minimum absolute atomic E-state index is 0.00314. The smallest absolute Gasteiger partial charge is 0.143 e. The van der Waals surface area contributed by atoms with Gasteiger partial charge in [-0.05, 0) is 16.7 Å². The van der Waals surface area contributed by atoms with Crippen molar-refractivity contribution in [3.8, 4) is 12.3 Å². The Bertz CT molecular complexity index is 956. The number of aliphatic hydroxyl groups is 2. The van der Waals surface area contributed by atoms with Gasteiger partial charge in [0.15, 0.2) is 0 Å². The molecule has 0 saturated heterocycles. The minimum atomic E-state index is -1.27. The molecule has 5 heteroatoms. The van der Waals surface area contributed by atoms with Gasteiger partial charge in [0.2, 0.25) is 0 Å². The van der Waals surface area contributed by atoms with Gasteiger partial charge < -0.3 is 24.4 Å². The highest BCUT2D eigenvalue weighted by atomic mass is 16.6. The summed E-state index contributed by atoms with van der Waals surface area (Å²) in [6.45, 7) is 0.782. The lowest BCUT2D eigenvalue weighted by Gasteiger charge is -2.32. The lowest BCUT2D eigenvalue weighted by molar-refractivity contribution is -0.167. The van der Waals surface area contributed by atoms with E-state index in [-0.39, 0.29) is 19.8 Å². The van der Waals surface area contributed by atoms with Gasteiger partial charge in [-0.1, -0.05) is 96.9 Å². The molecule has 0 aliphatic rings. The molecule has 0 unspecified atom stereocenters. The second-order valence-corrected chi connectivity index (χ2v) is 7.70. The van der Waals surface area contributed by atoms with E-state index in [4.69, 9.17) is 20.6 Å². The molecule has 3 aromatic carbocycles. The second-order valence-electron chi connectivity index (χ2n) is 7.70. The summed E-state index contributed by atoms with van der Waals surface area (Å²) in [4.78, 5) is 0. The van der Waals surface area contributed by atoms with Gasteiger partial charge in [-0.15, -0.1) is 6.42 Å². The minimum Gasteiger partial charge on any atom is -0.388 e. The second kappa shape index (κ2) is 13.5. The maximum atomic E-state index is 11.0. The van der Waals surface area contributed by atoms with Crippen molar-refractivity contribution < 1.29 is 24.4 Å². The molecule has 3 rings (SSSR count). The van der Waals surface area contributed by atoms with E-state index < -0.39 is 24.4 Å². The first-order valence-electron chi connectivity index (χ1n) is 10.9. The van der Waals surface area contributed by atoms with Crippen LogP contribution < -0.4 is 0 Å². The van der Waals surface area contributed by atoms with Gasteiger partial charge in [0.1, 0.15) is 24.4 Å². The summed E-state index contributed by atoms with van der Waals surface area (Å²) in [6, 6.07) is 28.8. The van der Waals surface area contributed by atoms with E-state index in [0.29, 0.717) is 6.61 Å². The Morgan fingerprint density at radius 3 is 1.52 bits per heavy atom. The molecule has 4 atom stereocenters. The van der Waals surface area contributed by atoms with Crippen LogP contribution in [0.3, 0.4) is 0 Å². The van der Waals surface area contributed by atoms with Gasteiger partial charge >= 0.3 is 0 Å². The summed E-state index contributed by atoms with van der Waals surface area (Å²) < 4.78 is 17.8. The van der Waals surface area contributed by atoms with Crippen molar-refractivity contribution in [3.05, 3.63) is 108 Å². The molecule has 0 bridgehead atoms. The van der Waals surface area contributed by atoms with E-state index in [2.05, 4.69) is 5.92 Å². The lowest BCUT2D eigenvalue weighted by atomic mass is 10.0. The summed E-state index contributed by atoms with van der Waals surface area (Å²) in [7, 11) is 0. The van der Waals surface area contributed by atoms with Crippen molar-refractivity contribution >= 4 is 0 Å². The fraction of sp³-hybridized carbons (Fsp3) is 0.286. The summed E-state index contributed by atoms with van der Waals surface area (Å²) in [5.41, 5.74) is 2.84. The van der Waals surface area contributed by atoms with Crippen LogP contribution in [-0.2, 0) is 34.0 Å². The van der Waals surface area contributed by atoms with Gasteiger partial charge in [0, 0.05) is 0 Å². The molecule has 0 heterocycles. The monoisotopic (exact) mass is 446 g/mol. The van der Waals surface area contributed by atoms with E-state index >= 15 is 0 Å². The van der Waals surface area contributed by atoms with Crippen LogP contribution in [0.5, 0.6) is 0 Å². The fourth-order valence-electron chi connectivity index (χ4n) is 3.39. The van der Waals surface area contributed by atoms with Crippen LogP contribution in [0.1, 0.15) is 16.7 Å². The number of aliphatic hydroxyl groups excluding tert-OH is 2. The van der Waals surface area contributed by atoms with Crippen molar-refractivity contribution in [2.75, 3.05) is 6.61 Å². The summed E-state index contributed by atoms with van der Waals surface area (Å²) in [5.74, 6) is 2.32. The average molecular weight is 447 g/mol. The van der Waals surface area contributed by atoms with Crippen LogP contribution in [0.4, 0.5) is 0 Å². The van der Waals surface area contributed by atoms with Crippen molar-refractivity contribution in [3.63, 3.8) is 0 Å². The van der Waals surface area contributed by atoms with E-state index in [0.717, 1.165) is 16.7 Å². The predicted octanol–water partition coefficient (Wildman–Crippen LogP) is 3.73. The van der Waals surface area contributed by atoms with Crippen LogP contribution in [0.15, 0.2) is 91.0 Å². The molecule has 172 valence electrons. The molecule has 0 radical (unpaired) electrons. The highest BCUT2D eigenvalue weighted by Gasteiger charge is 2.35. The standard InChI is InChI=1S/C28H30O5/c1-2-25(29)27(32-19-23-14-8-4-9-15-23)28(33-20-24-16-10-5-11-17-24)26(30)21-31-18-22-12-6-3-7-13-22/h1,3-17,25-30H,18-21H2/t25-,26-,27-,28-/m1/s1. The Labute approximate surface area is 195 Å². The summed E-state index contributed by atoms with van der Waals surface area (Å²) in [5, 5.41) is 21.5. The topological polar surface area (TPSA) is 68.2 Å². The Hall–Kier alpha value is -2.98. The molecular weight excluding hydrogens is 416 g/mol. The molecule has 0 fully saturated rings. The van der Waals surface area contributed by atoms with Crippen LogP contribution in [0, 0.1) is 12.3 Å². The first kappa shape index (κ1) is 24.7. The molecule has 0 saturated carbocycles. The molecule has 0 aliphatic carbocycles. The molecule has 0 amide bonds. The van der Waals surface area contributed by atoms with Crippen molar-refractivity contribution in [2.24, 2.45) is 0 Å². The maximum absolute atomic E-state index is 11.0. The lowest BCUT2D eigenvalue weighted by Crippen LogP contribution is -2.48. The highest BCUT2D eigenvalue weighted by Crippen LogP contribution is 2.19. The molecule has 0 spiro atoms. The Balaban J connectivity index is 1.70. The van der Waals surface area contributed by atoms with Crippen LogP contribution in [-0.4, -0.2) is 41.2 Å². The quantitative estimate of drug-likeness (QED) is 0.392. The third-order valence-corrected chi connectivity index (χ3v) is 5.16. The van der Waals surface area contributed by atoms with E-state index in [1.54, 1.807) is 0 Å². The van der Waals surface area contributed by atoms with Crippen molar-refractivity contribution in [2.45, 2.75) is 44.2 Å². The molecule has 3 aromatic rings. The Morgan fingerprint density at radius 1 is 0.636 bits per heavy atom. The zero-order chi connectivity index (χ0) is 23.3. The number of rotatable bonds is 13. The number of hydrogen-bond donors (Lipinski definition) is 2. The molecule has 0 aromatic heterocycles. The Kier molecular flexibility index (Phi) is 10.1. The fourth-order valence-corrected chi connectivity index (χ4v) is 3.39. The largest absolute Gasteiger partial charge is 0.388 e. The van der Waals surface area contributed by atoms with Crippen LogP contribution >= 0.6 is 0 Å². The first-order chi connectivity index (χ1) is 16.2. The molecule has 33 heavy (non-hydrogen) atoms. The molecular formula is C28H30O5. The molecule has 5 nitrogen and oxygen atoms in total. The van der Waals surface area contributed by atoms with Gasteiger partial charge in [-0.25, -0.2) is 0 Å². The third kappa shape index (κ3) is 8.14. The summed E-state index contributed by atoms with van der Waals surface area (Å²) >= 11 is 0. The van der Waals surface area contributed by atoms with Crippen LogP contribution in [0.25, 0.3) is 0 Å². The van der Waals surface area contributed by atoms with Gasteiger partial charge in [0.25, 0.3) is 0 Å². The van der Waals surface area contributed by atoms with Crippen molar-refractivity contribution in [1.82, 2.24) is 0 Å². The first-order valence-corrected chi connectivity index (χ1v) is 10.9. The van der Waals surface area contributed by atoms with Crippen molar-refractivity contribution in [1.29, 1.82) is 0 Å². The van der Waals surface area contributed by atoms with Gasteiger partial charge in [-0.3, -0.25) is 0 Å². The number of ether oxygens (including phenoxy) is 3.